The predicted octanol–water partition coefficient (Wildman–Crippen LogP) is 1.21. The van der Waals surface area contributed by atoms with Crippen LogP contribution in [0.3, 0.4) is 0 Å². The summed E-state index contributed by atoms with van der Waals surface area (Å²) in [7, 11) is -2.90. The number of piperazine rings is 1. The van der Waals surface area contributed by atoms with Crippen LogP contribution < -0.4 is 0 Å². The van der Waals surface area contributed by atoms with E-state index in [2.05, 4.69) is 19.9 Å². The third-order valence-corrected chi connectivity index (χ3v) is 5.30. The highest BCUT2D eigenvalue weighted by molar-refractivity contribution is 7.90. The van der Waals surface area contributed by atoms with Crippen molar-refractivity contribution in [2.75, 3.05) is 44.7 Å². The zero-order chi connectivity index (χ0) is 17.9. The van der Waals surface area contributed by atoms with Crippen LogP contribution in [0.15, 0.2) is 28.8 Å². The maximum Gasteiger partial charge on any atom is 0.241 e. The average molecular weight is 364 g/mol. The van der Waals surface area contributed by atoms with Gasteiger partial charge < -0.3 is 4.52 Å². The first-order valence-electron chi connectivity index (χ1n) is 8.41. The lowest BCUT2D eigenvalue weighted by molar-refractivity contribution is 0.121. The minimum atomic E-state index is -2.90. The number of hydrogen-bond acceptors (Lipinski definition) is 7. The molecule has 0 spiro atoms. The summed E-state index contributed by atoms with van der Waals surface area (Å²) in [5, 5.41) is 4.06. The molecule has 1 saturated heterocycles. The third kappa shape index (κ3) is 5.35. The van der Waals surface area contributed by atoms with Crippen LogP contribution in [0.25, 0.3) is 11.4 Å². The summed E-state index contributed by atoms with van der Waals surface area (Å²) in [6.45, 7) is 6.71. The van der Waals surface area contributed by atoms with Crippen LogP contribution in [0.5, 0.6) is 0 Å². The Morgan fingerprint density at radius 2 is 1.72 bits per heavy atom. The second kappa shape index (κ2) is 7.63. The van der Waals surface area contributed by atoms with Crippen LogP contribution >= 0.6 is 0 Å². The van der Waals surface area contributed by atoms with Gasteiger partial charge in [-0.25, -0.2) is 8.42 Å². The van der Waals surface area contributed by atoms with Crippen LogP contribution in [0.1, 0.15) is 11.5 Å². The number of rotatable bonds is 6. The highest BCUT2D eigenvalue weighted by atomic mass is 32.2. The summed E-state index contributed by atoms with van der Waals surface area (Å²) in [4.78, 5) is 8.92. The fourth-order valence-corrected chi connectivity index (χ4v) is 3.39. The van der Waals surface area contributed by atoms with Crippen molar-refractivity contribution >= 4 is 9.84 Å². The van der Waals surface area contributed by atoms with E-state index in [1.165, 1.54) is 11.8 Å². The first kappa shape index (κ1) is 18.0. The summed E-state index contributed by atoms with van der Waals surface area (Å²) in [6.07, 6.45) is 1.28. The normalized spacial score (nSPS) is 17.0. The van der Waals surface area contributed by atoms with E-state index in [1.807, 2.05) is 31.2 Å². The maximum atomic E-state index is 11.3. The Kier molecular flexibility index (Phi) is 5.51. The van der Waals surface area contributed by atoms with Gasteiger partial charge in [0.15, 0.2) is 0 Å². The number of aryl methyl sites for hydroxylation is 1. The summed E-state index contributed by atoms with van der Waals surface area (Å²) < 4.78 is 27.9. The summed E-state index contributed by atoms with van der Waals surface area (Å²) in [5.74, 6) is 1.44. The Hall–Kier alpha value is -1.77. The number of benzene rings is 1. The van der Waals surface area contributed by atoms with Crippen molar-refractivity contribution < 1.29 is 12.9 Å². The van der Waals surface area contributed by atoms with Crippen LogP contribution in [0.2, 0.25) is 0 Å². The molecule has 1 aromatic heterocycles. The van der Waals surface area contributed by atoms with Gasteiger partial charge >= 0.3 is 0 Å². The number of sulfone groups is 1. The minimum absolute atomic E-state index is 0.219. The highest BCUT2D eigenvalue weighted by Crippen LogP contribution is 2.17. The molecule has 2 aromatic rings. The van der Waals surface area contributed by atoms with Crippen molar-refractivity contribution in [1.29, 1.82) is 0 Å². The maximum absolute atomic E-state index is 11.3. The van der Waals surface area contributed by atoms with Gasteiger partial charge in [-0.1, -0.05) is 35.0 Å². The lowest BCUT2D eigenvalue weighted by atomic mass is 10.1. The molecule has 2 heterocycles. The van der Waals surface area contributed by atoms with Gasteiger partial charge in [0.1, 0.15) is 9.84 Å². The van der Waals surface area contributed by atoms with Gasteiger partial charge in [-0.05, 0) is 6.92 Å². The smallest absolute Gasteiger partial charge is 0.241 e. The molecule has 1 aliphatic heterocycles. The Balaban J connectivity index is 1.50. The van der Waals surface area contributed by atoms with E-state index < -0.39 is 9.84 Å². The topological polar surface area (TPSA) is 79.5 Å². The van der Waals surface area contributed by atoms with Gasteiger partial charge in [0.25, 0.3) is 0 Å². The van der Waals surface area contributed by atoms with Crippen molar-refractivity contribution in [2.45, 2.75) is 13.5 Å². The van der Waals surface area contributed by atoms with E-state index >= 15 is 0 Å². The fraction of sp³-hybridized carbons (Fsp3) is 0.529. The van der Waals surface area contributed by atoms with Crippen LogP contribution in [-0.4, -0.2) is 73.1 Å². The molecular formula is C17H24N4O3S. The van der Waals surface area contributed by atoms with Gasteiger partial charge in [-0.15, -0.1) is 0 Å². The lowest BCUT2D eigenvalue weighted by Crippen LogP contribution is -2.47. The van der Waals surface area contributed by atoms with Crippen LogP contribution in [-0.2, 0) is 16.4 Å². The average Bonchev–Trinajstić information content (AvgIpc) is 3.03. The molecule has 0 atom stereocenters. The van der Waals surface area contributed by atoms with E-state index in [4.69, 9.17) is 4.52 Å². The van der Waals surface area contributed by atoms with E-state index in [0.29, 0.717) is 24.8 Å². The van der Waals surface area contributed by atoms with Gasteiger partial charge in [-0.2, -0.15) is 4.98 Å². The molecule has 3 rings (SSSR count). The Morgan fingerprint density at radius 1 is 1.08 bits per heavy atom. The van der Waals surface area contributed by atoms with Crippen molar-refractivity contribution in [3.63, 3.8) is 0 Å². The Labute approximate surface area is 148 Å². The molecule has 0 bridgehead atoms. The van der Waals surface area contributed by atoms with E-state index in [-0.39, 0.29) is 5.75 Å². The minimum Gasteiger partial charge on any atom is -0.338 e. The number of aromatic nitrogens is 2. The first-order chi connectivity index (χ1) is 11.9. The molecule has 0 saturated carbocycles. The molecule has 0 amide bonds. The quantitative estimate of drug-likeness (QED) is 0.762. The number of nitrogens with zero attached hydrogens (tertiary/aromatic N) is 4. The van der Waals surface area contributed by atoms with E-state index in [1.54, 1.807) is 0 Å². The molecule has 0 radical (unpaired) electrons. The zero-order valence-electron chi connectivity index (χ0n) is 14.7. The molecule has 1 aliphatic rings. The van der Waals surface area contributed by atoms with Crippen LogP contribution in [0, 0.1) is 6.92 Å². The molecule has 0 aliphatic carbocycles. The van der Waals surface area contributed by atoms with E-state index in [0.717, 1.165) is 31.7 Å². The predicted molar refractivity (Wildman–Crippen MR) is 95.9 cm³/mol. The molecule has 25 heavy (non-hydrogen) atoms. The molecule has 0 unspecified atom stereocenters. The standard InChI is InChI=1S/C17H24N4O3S/c1-14-3-5-15(6-4-14)17-18-16(24-19-17)13-21-9-7-20(8-10-21)11-12-25(2,22)23/h3-6H,7-13H2,1-2H3. The van der Waals surface area contributed by atoms with Gasteiger partial charge in [0.2, 0.25) is 11.7 Å². The van der Waals surface area contributed by atoms with Gasteiger partial charge in [-0.3, -0.25) is 9.80 Å². The van der Waals surface area contributed by atoms with Crippen molar-refractivity contribution in [3.8, 4) is 11.4 Å². The highest BCUT2D eigenvalue weighted by Gasteiger charge is 2.20. The first-order valence-corrected chi connectivity index (χ1v) is 10.5. The third-order valence-electron chi connectivity index (χ3n) is 4.38. The lowest BCUT2D eigenvalue weighted by Gasteiger charge is -2.33. The molecular weight excluding hydrogens is 340 g/mol. The summed E-state index contributed by atoms with van der Waals surface area (Å²) in [5.41, 5.74) is 2.15. The second-order valence-electron chi connectivity index (χ2n) is 6.63. The summed E-state index contributed by atoms with van der Waals surface area (Å²) in [6, 6.07) is 8.04. The zero-order valence-corrected chi connectivity index (χ0v) is 15.5. The Morgan fingerprint density at radius 3 is 2.36 bits per heavy atom. The molecule has 7 nitrogen and oxygen atoms in total. The fourth-order valence-electron chi connectivity index (χ4n) is 2.80. The van der Waals surface area contributed by atoms with Crippen molar-refractivity contribution in [1.82, 2.24) is 19.9 Å². The molecule has 8 heteroatoms. The molecule has 1 aromatic carbocycles. The molecule has 0 N–H and O–H groups in total. The summed E-state index contributed by atoms with van der Waals surface area (Å²) >= 11 is 0. The van der Waals surface area contributed by atoms with Crippen molar-refractivity contribution in [3.05, 3.63) is 35.7 Å². The van der Waals surface area contributed by atoms with Gasteiger partial charge in [0.05, 0.1) is 12.3 Å². The largest absolute Gasteiger partial charge is 0.338 e. The molecule has 136 valence electrons. The number of hydrogen-bond donors (Lipinski definition) is 0. The monoisotopic (exact) mass is 364 g/mol. The second-order valence-corrected chi connectivity index (χ2v) is 8.89. The van der Waals surface area contributed by atoms with Crippen molar-refractivity contribution in [2.24, 2.45) is 0 Å². The molecule has 1 fully saturated rings. The van der Waals surface area contributed by atoms with Gasteiger partial charge in [0, 0.05) is 44.5 Å². The van der Waals surface area contributed by atoms with Crippen LogP contribution in [0.4, 0.5) is 0 Å². The SMILES string of the molecule is Cc1ccc(-c2noc(CN3CCN(CCS(C)(=O)=O)CC3)n2)cc1. The Bertz CT molecular complexity index is 794. The van der Waals surface area contributed by atoms with E-state index in [9.17, 15) is 8.42 Å².